The predicted molar refractivity (Wildman–Crippen MR) is 68.5 cm³/mol. The van der Waals surface area contributed by atoms with Crippen LogP contribution in [0.5, 0.6) is 0 Å². The number of halogens is 1. The first-order valence-corrected chi connectivity index (χ1v) is 6.32. The van der Waals surface area contributed by atoms with Crippen LogP contribution in [0, 0.1) is 5.82 Å². The lowest BCUT2D eigenvalue weighted by atomic mass is 9.74. The molecule has 0 atom stereocenters. The Bertz CT molecular complexity index is 370. The van der Waals surface area contributed by atoms with Crippen LogP contribution in [0.2, 0.25) is 0 Å². The summed E-state index contributed by atoms with van der Waals surface area (Å²) in [7, 11) is 0. The summed E-state index contributed by atoms with van der Waals surface area (Å²) in [6.07, 6.45) is 2.16. The minimum Gasteiger partial charge on any atom is -0.329 e. The van der Waals surface area contributed by atoms with Gasteiger partial charge in [-0.2, -0.15) is 0 Å². The molecule has 94 valence electrons. The number of likely N-dealkylation sites (tertiary alicyclic amines) is 1. The van der Waals surface area contributed by atoms with Crippen molar-refractivity contribution in [1.82, 2.24) is 4.90 Å². The Balaban J connectivity index is 2.06. The first kappa shape index (κ1) is 12.5. The first-order valence-electron chi connectivity index (χ1n) is 6.32. The van der Waals surface area contributed by atoms with Gasteiger partial charge >= 0.3 is 0 Å². The van der Waals surface area contributed by atoms with E-state index < -0.39 is 0 Å². The molecule has 1 saturated heterocycles. The smallest absolute Gasteiger partial charge is 0.123 e. The number of nitrogens with two attached hydrogens (primary N) is 1. The van der Waals surface area contributed by atoms with Gasteiger partial charge in [0, 0.05) is 13.1 Å². The zero-order valence-electron chi connectivity index (χ0n) is 10.5. The molecule has 0 bridgehead atoms. The van der Waals surface area contributed by atoms with E-state index in [0.717, 1.165) is 44.6 Å². The third-order valence-electron chi connectivity index (χ3n) is 3.93. The van der Waals surface area contributed by atoms with Crippen LogP contribution in [0.25, 0.3) is 0 Å². The molecule has 2 rings (SSSR count). The van der Waals surface area contributed by atoms with Gasteiger partial charge in [0.2, 0.25) is 0 Å². The molecule has 1 aliphatic heterocycles. The summed E-state index contributed by atoms with van der Waals surface area (Å²) in [5.74, 6) is -0.131. The summed E-state index contributed by atoms with van der Waals surface area (Å²) in [5.41, 5.74) is 6.81. The van der Waals surface area contributed by atoms with Crippen molar-refractivity contribution >= 4 is 0 Å². The highest BCUT2D eigenvalue weighted by molar-refractivity contribution is 5.26. The van der Waals surface area contributed by atoms with E-state index in [9.17, 15) is 4.39 Å². The molecule has 1 aliphatic rings. The van der Waals surface area contributed by atoms with Crippen molar-refractivity contribution in [2.75, 3.05) is 26.2 Å². The van der Waals surface area contributed by atoms with Crippen LogP contribution in [0.3, 0.4) is 0 Å². The molecule has 1 heterocycles. The number of hydrogen-bond acceptors (Lipinski definition) is 2. The molecule has 0 spiro atoms. The molecule has 1 aromatic rings. The van der Waals surface area contributed by atoms with Gasteiger partial charge in [-0.05, 0) is 49.0 Å². The van der Waals surface area contributed by atoms with Crippen LogP contribution in [0.1, 0.15) is 25.3 Å². The Morgan fingerprint density at radius 1 is 1.35 bits per heavy atom. The molecule has 0 amide bonds. The van der Waals surface area contributed by atoms with E-state index in [2.05, 4.69) is 11.8 Å². The second-order valence-corrected chi connectivity index (χ2v) is 5.20. The van der Waals surface area contributed by atoms with Gasteiger partial charge in [0.05, 0.1) is 0 Å². The SMILES string of the molecule is CC1(c2cccc(F)c2)CCN(CCN)CC1. The maximum Gasteiger partial charge on any atom is 0.123 e. The highest BCUT2D eigenvalue weighted by Gasteiger charge is 2.31. The molecule has 0 unspecified atom stereocenters. The largest absolute Gasteiger partial charge is 0.329 e. The lowest BCUT2D eigenvalue weighted by molar-refractivity contribution is 0.172. The van der Waals surface area contributed by atoms with Crippen LogP contribution in [0.4, 0.5) is 4.39 Å². The van der Waals surface area contributed by atoms with Crippen LogP contribution in [0.15, 0.2) is 24.3 Å². The quantitative estimate of drug-likeness (QED) is 0.871. The van der Waals surface area contributed by atoms with E-state index in [1.165, 1.54) is 6.07 Å². The highest BCUT2D eigenvalue weighted by Crippen LogP contribution is 2.34. The molecule has 0 radical (unpaired) electrons. The maximum atomic E-state index is 13.3. The number of piperidine rings is 1. The third-order valence-corrected chi connectivity index (χ3v) is 3.93. The van der Waals surface area contributed by atoms with Crippen LogP contribution >= 0.6 is 0 Å². The second kappa shape index (κ2) is 5.15. The van der Waals surface area contributed by atoms with Crippen LogP contribution < -0.4 is 5.73 Å². The molecule has 1 fully saturated rings. The molecule has 2 N–H and O–H groups in total. The maximum absolute atomic E-state index is 13.3. The fraction of sp³-hybridized carbons (Fsp3) is 0.571. The molecule has 0 aromatic heterocycles. The Morgan fingerprint density at radius 3 is 2.65 bits per heavy atom. The number of nitrogens with zero attached hydrogens (tertiary/aromatic N) is 1. The number of rotatable bonds is 3. The minimum atomic E-state index is -0.131. The lowest BCUT2D eigenvalue weighted by Gasteiger charge is -2.39. The highest BCUT2D eigenvalue weighted by atomic mass is 19.1. The molecular weight excluding hydrogens is 215 g/mol. The molecule has 2 nitrogen and oxygen atoms in total. The lowest BCUT2D eigenvalue weighted by Crippen LogP contribution is -2.42. The summed E-state index contributed by atoms with van der Waals surface area (Å²) in [5, 5.41) is 0. The van der Waals surface area contributed by atoms with E-state index in [4.69, 9.17) is 5.73 Å². The van der Waals surface area contributed by atoms with Gasteiger partial charge < -0.3 is 10.6 Å². The van der Waals surface area contributed by atoms with Gasteiger partial charge in [-0.1, -0.05) is 19.1 Å². The van der Waals surface area contributed by atoms with Crippen molar-refractivity contribution < 1.29 is 4.39 Å². The monoisotopic (exact) mass is 236 g/mol. The molecule has 0 saturated carbocycles. The number of benzene rings is 1. The van der Waals surface area contributed by atoms with Crippen molar-refractivity contribution in [3.05, 3.63) is 35.6 Å². The van der Waals surface area contributed by atoms with Crippen molar-refractivity contribution in [2.45, 2.75) is 25.2 Å². The molecule has 3 heteroatoms. The van der Waals surface area contributed by atoms with E-state index in [0.29, 0.717) is 0 Å². The predicted octanol–water partition coefficient (Wildman–Crippen LogP) is 2.14. The van der Waals surface area contributed by atoms with Crippen molar-refractivity contribution in [3.8, 4) is 0 Å². The Labute approximate surface area is 103 Å². The molecule has 17 heavy (non-hydrogen) atoms. The Hall–Kier alpha value is -0.930. The standard InChI is InChI=1S/C14H21FN2/c1-14(12-3-2-4-13(15)11-12)5-8-17(9-6-14)10-7-16/h2-4,11H,5-10,16H2,1H3. The zero-order chi connectivity index (χ0) is 12.3. The van der Waals surface area contributed by atoms with E-state index in [1.54, 1.807) is 6.07 Å². The topological polar surface area (TPSA) is 29.3 Å². The zero-order valence-corrected chi connectivity index (χ0v) is 10.5. The van der Waals surface area contributed by atoms with Crippen LogP contribution in [-0.4, -0.2) is 31.1 Å². The second-order valence-electron chi connectivity index (χ2n) is 5.20. The average molecular weight is 236 g/mol. The third kappa shape index (κ3) is 2.85. The fourth-order valence-electron chi connectivity index (χ4n) is 2.61. The number of hydrogen-bond donors (Lipinski definition) is 1. The van der Waals surface area contributed by atoms with E-state index >= 15 is 0 Å². The Kier molecular flexibility index (Phi) is 3.79. The molecular formula is C14H21FN2. The summed E-state index contributed by atoms with van der Waals surface area (Å²) >= 11 is 0. The van der Waals surface area contributed by atoms with Gasteiger partial charge in [0.15, 0.2) is 0 Å². The molecule has 0 aliphatic carbocycles. The van der Waals surface area contributed by atoms with Gasteiger partial charge in [-0.15, -0.1) is 0 Å². The Morgan fingerprint density at radius 2 is 2.06 bits per heavy atom. The van der Waals surface area contributed by atoms with Crippen LogP contribution in [-0.2, 0) is 5.41 Å². The fourth-order valence-corrected chi connectivity index (χ4v) is 2.61. The van der Waals surface area contributed by atoms with Crippen molar-refractivity contribution in [1.29, 1.82) is 0 Å². The summed E-state index contributed by atoms with van der Waals surface area (Å²) in [6, 6.07) is 7.04. The van der Waals surface area contributed by atoms with Gasteiger partial charge in [-0.25, -0.2) is 4.39 Å². The molecule has 1 aromatic carbocycles. The van der Waals surface area contributed by atoms with Crippen molar-refractivity contribution in [2.24, 2.45) is 5.73 Å². The normalized spacial score (nSPS) is 20.4. The first-order chi connectivity index (χ1) is 8.14. The minimum absolute atomic E-state index is 0.118. The van der Waals surface area contributed by atoms with Gasteiger partial charge in [0.1, 0.15) is 5.82 Å². The van der Waals surface area contributed by atoms with E-state index in [-0.39, 0.29) is 11.2 Å². The average Bonchev–Trinajstić information content (AvgIpc) is 2.33. The van der Waals surface area contributed by atoms with E-state index in [1.807, 2.05) is 12.1 Å². The van der Waals surface area contributed by atoms with Gasteiger partial charge in [-0.3, -0.25) is 0 Å². The summed E-state index contributed by atoms with van der Waals surface area (Å²) in [4.78, 5) is 2.39. The van der Waals surface area contributed by atoms with Crippen molar-refractivity contribution in [3.63, 3.8) is 0 Å². The summed E-state index contributed by atoms with van der Waals surface area (Å²) in [6.45, 7) is 6.05. The summed E-state index contributed by atoms with van der Waals surface area (Å²) < 4.78 is 13.3. The van der Waals surface area contributed by atoms with Gasteiger partial charge in [0.25, 0.3) is 0 Å².